The van der Waals surface area contributed by atoms with Crippen LogP contribution in [0, 0.1) is 0 Å². The van der Waals surface area contributed by atoms with Crippen LogP contribution in [0.15, 0.2) is 61.1 Å². The number of carbonyl (C=O) groups excluding carboxylic acids is 1. The number of rotatable bonds is 9. The molecule has 1 aliphatic heterocycles. The van der Waals surface area contributed by atoms with Crippen LogP contribution in [0.1, 0.15) is 24.8 Å². The van der Waals surface area contributed by atoms with Gasteiger partial charge in [-0.2, -0.15) is 16.9 Å². The number of aromatic nitrogens is 3. The largest absolute Gasteiger partial charge is 0.376 e. The summed E-state index contributed by atoms with van der Waals surface area (Å²) in [4.78, 5) is 12.1. The van der Waals surface area contributed by atoms with Crippen molar-refractivity contribution in [2.45, 2.75) is 31.1 Å². The molecule has 0 saturated carbocycles. The lowest BCUT2D eigenvalue weighted by molar-refractivity contribution is -0.121. The van der Waals surface area contributed by atoms with E-state index in [2.05, 4.69) is 27.1 Å². The fourth-order valence-electron chi connectivity index (χ4n) is 3.46. The molecule has 1 atom stereocenters. The van der Waals surface area contributed by atoms with E-state index < -0.39 is 0 Å². The molecule has 0 aliphatic carbocycles. The van der Waals surface area contributed by atoms with E-state index in [1.54, 1.807) is 11.8 Å². The van der Waals surface area contributed by atoms with Crippen LogP contribution in [0.3, 0.4) is 0 Å². The molecule has 4 rings (SSSR count). The van der Waals surface area contributed by atoms with Crippen molar-refractivity contribution >= 4 is 17.7 Å². The molecule has 1 aromatic carbocycles. The standard InChI is InChI=1S/C22H26N4O2S/c27-21(23-16-20-9-6-13-28-20)10-14-29-17-18-15-24-26(19-7-2-1-3-8-19)22(18)25-11-4-5-12-25/h1-5,7-8,11-12,15,20H,6,9-10,13-14,16-17H2,(H,23,27)/t20-/m0/s1. The molecule has 1 saturated heterocycles. The van der Waals surface area contributed by atoms with Crippen molar-refractivity contribution < 1.29 is 9.53 Å². The average molecular weight is 411 g/mol. The van der Waals surface area contributed by atoms with Crippen LogP contribution in [0.25, 0.3) is 11.5 Å². The fraction of sp³-hybridized carbons (Fsp3) is 0.364. The Balaban J connectivity index is 1.34. The van der Waals surface area contributed by atoms with Gasteiger partial charge in [0.25, 0.3) is 0 Å². The van der Waals surface area contributed by atoms with Gasteiger partial charge in [0.2, 0.25) is 5.91 Å². The van der Waals surface area contributed by atoms with Gasteiger partial charge in [-0.3, -0.25) is 4.79 Å². The molecular formula is C22H26N4O2S. The maximum absolute atomic E-state index is 12.1. The normalized spacial score (nSPS) is 16.2. The first-order valence-electron chi connectivity index (χ1n) is 10.0. The summed E-state index contributed by atoms with van der Waals surface area (Å²) in [7, 11) is 0. The van der Waals surface area contributed by atoms with Gasteiger partial charge >= 0.3 is 0 Å². The Labute approximate surface area is 175 Å². The molecule has 0 unspecified atom stereocenters. The summed E-state index contributed by atoms with van der Waals surface area (Å²) in [5.74, 6) is 2.72. The van der Waals surface area contributed by atoms with Crippen LogP contribution < -0.4 is 5.32 Å². The molecule has 1 amide bonds. The van der Waals surface area contributed by atoms with Crippen LogP contribution in [0.2, 0.25) is 0 Å². The number of para-hydroxylation sites is 1. The Bertz CT molecular complexity index is 902. The molecule has 152 valence electrons. The highest BCUT2D eigenvalue weighted by atomic mass is 32.2. The second-order valence-electron chi connectivity index (χ2n) is 7.07. The number of thioether (sulfide) groups is 1. The van der Waals surface area contributed by atoms with E-state index in [0.717, 1.165) is 48.0 Å². The predicted octanol–water partition coefficient (Wildman–Crippen LogP) is 3.58. The summed E-state index contributed by atoms with van der Waals surface area (Å²) in [6.45, 7) is 1.45. The lowest BCUT2D eigenvalue weighted by atomic mass is 10.2. The summed E-state index contributed by atoms with van der Waals surface area (Å²) in [5.41, 5.74) is 2.18. The number of benzene rings is 1. The quantitative estimate of drug-likeness (QED) is 0.548. The number of amides is 1. The van der Waals surface area contributed by atoms with Crippen molar-refractivity contribution in [1.82, 2.24) is 19.7 Å². The van der Waals surface area contributed by atoms with Crippen molar-refractivity contribution in [3.8, 4) is 11.5 Å². The van der Waals surface area contributed by atoms with Gasteiger partial charge in [0, 0.05) is 49.0 Å². The molecule has 0 radical (unpaired) electrons. The first kappa shape index (κ1) is 19.8. The molecule has 1 aliphatic rings. The Kier molecular flexibility index (Phi) is 6.69. The Morgan fingerprint density at radius 1 is 1.21 bits per heavy atom. The van der Waals surface area contributed by atoms with Crippen molar-refractivity contribution in [3.63, 3.8) is 0 Å². The molecule has 2 aromatic heterocycles. The monoisotopic (exact) mass is 410 g/mol. The highest BCUT2D eigenvalue weighted by Gasteiger charge is 2.16. The fourth-order valence-corrected chi connectivity index (χ4v) is 4.35. The summed E-state index contributed by atoms with van der Waals surface area (Å²) in [5, 5.41) is 7.60. The zero-order valence-corrected chi connectivity index (χ0v) is 17.2. The van der Waals surface area contributed by atoms with Gasteiger partial charge < -0.3 is 14.6 Å². The summed E-state index contributed by atoms with van der Waals surface area (Å²) in [6.07, 6.45) is 8.83. The van der Waals surface area contributed by atoms with E-state index in [-0.39, 0.29) is 12.0 Å². The summed E-state index contributed by atoms with van der Waals surface area (Å²) in [6, 6.07) is 14.2. The maximum Gasteiger partial charge on any atom is 0.220 e. The highest BCUT2D eigenvalue weighted by molar-refractivity contribution is 7.98. The molecule has 0 bridgehead atoms. The van der Waals surface area contributed by atoms with E-state index in [9.17, 15) is 4.79 Å². The van der Waals surface area contributed by atoms with E-state index in [4.69, 9.17) is 4.74 Å². The van der Waals surface area contributed by atoms with Crippen LogP contribution in [-0.4, -0.2) is 45.3 Å². The smallest absolute Gasteiger partial charge is 0.220 e. The van der Waals surface area contributed by atoms with Gasteiger partial charge in [-0.25, -0.2) is 4.68 Å². The van der Waals surface area contributed by atoms with Crippen LogP contribution in [0.4, 0.5) is 0 Å². The molecule has 1 fully saturated rings. The van der Waals surface area contributed by atoms with Crippen molar-refractivity contribution in [2.75, 3.05) is 18.9 Å². The number of hydrogen-bond donors (Lipinski definition) is 1. The van der Waals surface area contributed by atoms with E-state index >= 15 is 0 Å². The number of ether oxygens (including phenoxy) is 1. The topological polar surface area (TPSA) is 61.1 Å². The molecule has 3 heterocycles. The number of hydrogen-bond acceptors (Lipinski definition) is 4. The number of nitrogens with zero attached hydrogens (tertiary/aromatic N) is 3. The molecule has 3 aromatic rings. The molecule has 7 heteroatoms. The van der Waals surface area contributed by atoms with Crippen molar-refractivity contribution in [1.29, 1.82) is 0 Å². The van der Waals surface area contributed by atoms with Gasteiger partial charge in [-0.15, -0.1) is 0 Å². The zero-order chi connectivity index (χ0) is 19.9. The zero-order valence-electron chi connectivity index (χ0n) is 16.4. The Morgan fingerprint density at radius 2 is 2.03 bits per heavy atom. The van der Waals surface area contributed by atoms with Crippen LogP contribution >= 0.6 is 11.8 Å². The van der Waals surface area contributed by atoms with Crippen LogP contribution in [0.5, 0.6) is 0 Å². The van der Waals surface area contributed by atoms with Gasteiger partial charge in [0.15, 0.2) is 0 Å². The molecule has 6 nitrogen and oxygen atoms in total. The maximum atomic E-state index is 12.1. The van der Waals surface area contributed by atoms with E-state index in [0.29, 0.717) is 13.0 Å². The van der Waals surface area contributed by atoms with Gasteiger partial charge in [-0.1, -0.05) is 18.2 Å². The molecular weight excluding hydrogens is 384 g/mol. The minimum atomic E-state index is 0.0959. The van der Waals surface area contributed by atoms with Crippen molar-refractivity contribution in [2.24, 2.45) is 0 Å². The summed E-state index contributed by atoms with van der Waals surface area (Å²) < 4.78 is 9.59. The van der Waals surface area contributed by atoms with E-state index in [1.165, 1.54) is 0 Å². The highest BCUT2D eigenvalue weighted by Crippen LogP contribution is 2.24. The van der Waals surface area contributed by atoms with Crippen LogP contribution in [-0.2, 0) is 15.3 Å². The Hall–Kier alpha value is -2.51. The predicted molar refractivity (Wildman–Crippen MR) is 116 cm³/mol. The summed E-state index contributed by atoms with van der Waals surface area (Å²) >= 11 is 1.75. The first-order chi connectivity index (χ1) is 14.3. The minimum Gasteiger partial charge on any atom is -0.376 e. The number of carbonyl (C=O) groups is 1. The second-order valence-corrected chi connectivity index (χ2v) is 8.18. The third kappa shape index (κ3) is 5.10. The third-order valence-electron chi connectivity index (χ3n) is 4.95. The SMILES string of the molecule is O=C(CCSCc1cnn(-c2ccccc2)c1-n1cccc1)NC[C@@H]1CCCO1. The third-order valence-corrected chi connectivity index (χ3v) is 5.96. The molecule has 29 heavy (non-hydrogen) atoms. The van der Waals surface area contributed by atoms with Gasteiger partial charge in [-0.05, 0) is 37.1 Å². The van der Waals surface area contributed by atoms with E-state index in [1.807, 2.05) is 53.6 Å². The van der Waals surface area contributed by atoms with Gasteiger partial charge in [0.1, 0.15) is 5.82 Å². The number of nitrogens with one attached hydrogen (secondary N) is 1. The Morgan fingerprint density at radius 3 is 2.79 bits per heavy atom. The lowest BCUT2D eigenvalue weighted by Gasteiger charge is -2.11. The molecule has 0 spiro atoms. The van der Waals surface area contributed by atoms with Gasteiger partial charge in [0.05, 0.1) is 18.0 Å². The van der Waals surface area contributed by atoms with Crippen molar-refractivity contribution in [3.05, 3.63) is 66.6 Å². The minimum absolute atomic E-state index is 0.0959. The second kappa shape index (κ2) is 9.80. The average Bonchev–Trinajstić information content (AvgIpc) is 3.52. The molecule has 1 N–H and O–H groups in total. The first-order valence-corrected chi connectivity index (χ1v) is 11.2. The lowest BCUT2D eigenvalue weighted by Crippen LogP contribution is -2.31.